The molecule has 1 aromatic heterocycles. The topological polar surface area (TPSA) is 79.4 Å². The van der Waals surface area contributed by atoms with Gasteiger partial charge < -0.3 is 4.74 Å². The van der Waals surface area contributed by atoms with Crippen LogP contribution in [-0.4, -0.2) is 29.0 Å². The van der Waals surface area contributed by atoms with Crippen LogP contribution >= 0.6 is 11.6 Å². The van der Waals surface area contributed by atoms with Crippen LogP contribution in [0.3, 0.4) is 0 Å². The number of aromatic amines is 1. The number of H-pyrrole nitrogens is 1. The summed E-state index contributed by atoms with van der Waals surface area (Å²) in [6.45, 7) is 3.80. The van der Waals surface area contributed by atoms with Gasteiger partial charge in [0.25, 0.3) is 0 Å². The molecule has 0 aliphatic heterocycles. The second-order valence-electron chi connectivity index (χ2n) is 4.21. The standard InChI is InChI=1S/C14H15ClN4O2/c1-3-21-14(20)12-9(2)17-19-13(12)18-16-8-10-4-6-11(15)7-5-10/h4-8H,3H2,1-2H3,(H2,17,18,19)/b16-8+. The molecule has 110 valence electrons. The van der Waals surface area contributed by atoms with Crippen LogP contribution < -0.4 is 5.43 Å². The van der Waals surface area contributed by atoms with Crippen LogP contribution in [0.2, 0.25) is 5.02 Å². The van der Waals surface area contributed by atoms with Gasteiger partial charge in [-0.15, -0.1) is 0 Å². The number of benzene rings is 1. The second kappa shape index (κ2) is 6.90. The first-order valence-electron chi connectivity index (χ1n) is 6.38. The number of halogens is 1. The van der Waals surface area contributed by atoms with Crippen LogP contribution in [0.4, 0.5) is 5.82 Å². The molecular formula is C14H15ClN4O2. The fourth-order valence-corrected chi connectivity index (χ4v) is 1.81. The van der Waals surface area contributed by atoms with E-state index in [-0.39, 0.29) is 0 Å². The number of nitrogens with one attached hydrogen (secondary N) is 2. The molecule has 2 N–H and O–H groups in total. The summed E-state index contributed by atoms with van der Waals surface area (Å²) in [5.41, 5.74) is 4.58. The molecule has 1 aromatic carbocycles. The first-order valence-corrected chi connectivity index (χ1v) is 6.76. The molecule has 21 heavy (non-hydrogen) atoms. The molecule has 2 aromatic rings. The van der Waals surface area contributed by atoms with E-state index < -0.39 is 5.97 Å². The number of aromatic nitrogens is 2. The monoisotopic (exact) mass is 306 g/mol. The maximum Gasteiger partial charge on any atom is 0.343 e. The molecule has 0 atom stereocenters. The Morgan fingerprint density at radius 1 is 1.48 bits per heavy atom. The first-order chi connectivity index (χ1) is 10.1. The van der Waals surface area contributed by atoms with Crippen LogP contribution in [0.15, 0.2) is 29.4 Å². The van der Waals surface area contributed by atoms with E-state index in [4.69, 9.17) is 16.3 Å². The van der Waals surface area contributed by atoms with E-state index >= 15 is 0 Å². The number of hydrogen-bond acceptors (Lipinski definition) is 5. The Hall–Kier alpha value is -2.34. The number of anilines is 1. The molecule has 0 spiro atoms. The highest BCUT2D eigenvalue weighted by molar-refractivity contribution is 6.30. The average molecular weight is 307 g/mol. The molecule has 0 unspecified atom stereocenters. The summed E-state index contributed by atoms with van der Waals surface area (Å²) in [6, 6.07) is 7.20. The number of rotatable bonds is 5. The Balaban J connectivity index is 2.10. The van der Waals surface area contributed by atoms with Gasteiger partial charge in [0.15, 0.2) is 5.82 Å². The van der Waals surface area contributed by atoms with Gasteiger partial charge in [0, 0.05) is 10.7 Å². The van der Waals surface area contributed by atoms with E-state index in [0.717, 1.165) is 5.56 Å². The number of hydrazone groups is 1. The summed E-state index contributed by atoms with van der Waals surface area (Å²) >= 11 is 5.80. The van der Waals surface area contributed by atoms with E-state index in [1.165, 1.54) is 0 Å². The van der Waals surface area contributed by atoms with E-state index in [9.17, 15) is 4.79 Å². The number of carbonyl (C=O) groups is 1. The lowest BCUT2D eigenvalue weighted by Gasteiger charge is -2.02. The van der Waals surface area contributed by atoms with Gasteiger partial charge >= 0.3 is 5.97 Å². The third kappa shape index (κ3) is 3.82. The minimum Gasteiger partial charge on any atom is -0.462 e. The number of aryl methyl sites for hydroxylation is 1. The predicted octanol–water partition coefficient (Wildman–Crippen LogP) is 2.99. The number of carbonyl (C=O) groups excluding carboxylic acids is 1. The molecule has 0 radical (unpaired) electrons. The fourth-order valence-electron chi connectivity index (χ4n) is 1.68. The SMILES string of the molecule is CCOC(=O)c1c(N/N=C/c2ccc(Cl)cc2)n[nH]c1C. The molecule has 0 amide bonds. The molecule has 0 aliphatic carbocycles. The Morgan fingerprint density at radius 2 is 2.19 bits per heavy atom. The van der Waals surface area contributed by atoms with Gasteiger partial charge in [-0.05, 0) is 31.5 Å². The van der Waals surface area contributed by atoms with Gasteiger partial charge in [-0.3, -0.25) is 10.5 Å². The van der Waals surface area contributed by atoms with E-state index in [1.54, 1.807) is 32.2 Å². The van der Waals surface area contributed by atoms with Crippen molar-refractivity contribution in [3.63, 3.8) is 0 Å². The molecule has 2 rings (SSSR count). The van der Waals surface area contributed by atoms with Crippen molar-refractivity contribution < 1.29 is 9.53 Å². The molecule has 6 nitrogen and oxygen atoms in total. The fraction of sp³-hybridized carbons (Fsp3) is 0.214. The van der Waals surface area contributed by atoms with Crippen LogP contribution in [0.1, 0.15) is 28.5 Å². The molecule has 7 heteroatoms. The molecule has 0 aliphatic rings. The number of esters is 1. The van der Waals surface area contributed by atoms with Crippen LogP contribution in [0.25, 0.3) is 0 Å². The van der Waals surface area contributed by atoms with E-state index in [1.807, 2.05) is 12.1 Å². The lowest BCUT2D eigenvalue weighted by atomic mass is 10.2. The maximum atomic E-state index is 11.8. The lowest BCUT2D eigenvalue weighted by molar-refractivity contribution is 0.0526. The number of nitrogens with zero attached hydrogens (tertiary/aromatic N) is 2. The predicted molar refractivity (Wildman–Crippen MR) is 81.9 cm³/mol. The van der Waals surface area contributed by atoms with Crippen LogP contribution in [-0.2, 0) is 4.74 Å². The van der Waals surface area contributed by atoms with Gasteiger partial charge in [-0.2, -0.15) is 10.2 Å². The largest absolute Gasteiger partial charge is 0.462 e. The summed E-state index contributed by atoms with van der Waals surface area (Å²) in [5.74, 6) is -0.107. The zero-order valence-corrected chi connectivity index (χ0v) is 12.4. The Bertz CT molecular complexity index is 649. The third-order valence-electron chi connectivity index (χ3n) is 2.68. The normalized spacial score (nSPS) is 10.8. The summed E-state index contributed by atoms with van der Waals surface area (Å²) in [5, 5.41) is 11.4. The minimum absolute atomic E-state index is 0.303. The number of ether oxygens (including phenoxy) is 1. The summed E-state index contributed by atoms with van der Waals surface area (Å²) in [6.07, 6.45) is 1.61. The van der Waals surface area contributed by atoms with Crippen molar-refractivity contribution >= 4 is 29.6 Å². The van der Waals surface area contributed by atoms with E-state index in [0.29, 0.717) is 28.7 Å². The second-order valence-corrected chi connectivity index (χ2v) is 4.65. The smallest absolute Gasteiger partial charge is 0.343 e. The summed E-state index contributed by atoms with van der Waals surface area (Å²) in [4.78, 5) is 11.8. The molecule has 0 saturated heterocycles. The van der Waals surface area contributed by atoms with Crippen molar-refractivity contribution in [2.45, 2.75) is 13.8 Å². The van der Waals surface area contributed by atoms with Crippen molar-refractivity contribution in [1.29, 1.82) is 0 Å². The van der Waals surface area contributed by atoms with Crippen molar-refractivity contribution in [3.05, 3.63) is 46.1 Å². The third-order valence-corrected chi connectivity index (χ3v) is 2.93. The van der Waals surface area contributed by atoms with Crippen LogP contribution in [0, 0.1) is 6.92 Å². The van der Waals surface area contributed by atoms with Gasteiger partial charge in [0.05, 0.1) is 12.8 Å². The number of hydrogen-bond donors (Lipinski definition) is 2. The van der Waals surface area contributed by atoms with Gasteiger partial charge in [0.2, 0.25) is 0 Å². The van der Waals surface area contributed by atoms with E-state index in [2.05, 4.69) is 20.7 Å². The highest BCUT2D eigenvalue weighted by Gasteiger charge is 2.18. The highest BCUT2D eigenvalue weighted by atomic mass is 35.5. The van der Waals surface area contributed by atoms with Crippen LogP contribution in [0.5, 0.6) is 0 Å². The Morgan fingerprint density at radius 3 is 2.86 bits per heavy atom. The summed E-state index contributed by atoms with van der Waals surface area (Å²) in [7, 11) is 0. The summed E-state index contributed by atoms with van der Waals surface area (Å²) < 4.78 is 4.98. The highest BCUT2D eigenvalue weighted by Crippen LogP contribution is 2.17. The van der Waals surface area contributed by atoms with Crippen molar-refractivity contribution in [1.82, 2.24) is 10.2 Å². The molecular weight excluding hydrogens is 292 g/mol. The zero-order chi connectivity index (χ0) is 15.2. The Kier molecular flexibility index (Phi) is 4.94. The van der Waals surface area contributed by atoms with Crippen molar-refractivity contribution in [3.8, 4) is 0 Å². The Labute approximate surface area is 127 Å². The average Bonchev–Trinajstić information content (AvgIpc) is 2.82. The zero-order valence-electron chi connectivity index (χ0n) is 11.7. The molecule has 0 fully saturated rings. The van der Waals surface area contributed by atoms with Crippen molar-refractivity contribution in [2.24, 2.45) is 5.10 Å². The quantitative estimate of drug-likeness (QED) is 0.505. The van der Waals surface area contributed by atoms with Gasteiger partial charge in [-0.25, -0.2) is 4.79 Å². The molecule has 0 bridgehead atoms. The van der Waals surface area contributed by atoms with Gasteiger partial charge in [-0.1, -0.05) is 23.7 Å². The van der Waals surface area contributed by atoms with Crippen molar-refractivity contribution in [2.75, 3.05) is 12.0 Å². The maximum absolute atomic E-state index is 11.8. The first kappa shape index (κ1) is 15.1. The molecule has 1 heterocycles. The minimum atomic E-state index is -0.437. The van der Waals surface area contributed by atoms with Gasteiger partial charge in [0.1, 0.15) is 5.56 Å². The lowest BCUT2D eigenvalue weighted by Crippen LogP contribution is -2.08. The molecule has 0 saturated carbocycles.